The Kier molecular flexibility index (Phi) is 6.31. The summed E-state index contributed by atoms with van der Waals surface area (Å²) < 4.78 is 26.5. The van der Waals surface area contributed by atoms with E-state index < -0.39 is 10.0 Å². The minimum Gasteiger partial charge on any atom is -0.341 e. The first-order valence-electron chi connectivity index (χ1n) is 8.19. The predicted molar refractivity (Wildman–Crippen MR) is 101 cm³/mol. The van der Waals surface area contributed by atoms with Crippen molar-refractivity contribution in [3.8, 4) is 0 Å². The summed E-state index contributed by atoms with van der Waals surface area (Å²) in [6.07, 6.45) is 6.61. The lowest BCUT2D eigenvalue weighted by molar-refractivity contribution is -0.130. The molecule has 1 fully saturated rings. The number of anilines is 1. The van der Waals surface area contributed by atoms with Gasteiger partial charge in [0.15, 0.2) is 0 Å². The van der Waals surface area contributed by atoms with E-state index >= 15 is 0 Å². The lowest BCUT2D eigenvalue weighted by atomic mass is 9.94. The molecule has 0 radical (unpaired) electrons. The topological polar surface area (TPSA) is 57.7 Å². The van der Waals surface area contributed by atoms with Crippen molar-refractivity contribution in [2.75, 3.05) is 24.2 Å². The fraction of sp³-hybridized carbons (Fsp3) is 0.588. The molecule has 1 aromatic rings. The van der Waals surface area contributed by atoms with Crippen LogP contribution in [0.1, 0.15) is 37.7 Å². The molecule has 0 heterocycles. The Hall–Kier alpha value is -1.08. The summed E-state index contributed by atoms with van der Waals surface area (Å²) >= 11 is 3.41. The first kappa shape index (κ1) is 19.2. The minimum absolute atomic E-state index is 0.159. The Balaban J connectivity index is 2.19. The van der Waals surface area contributed by atoms with Gasteiger partial charge in [-0.1, -0.05) is 35.2 Å². The molecule has 0 spiro atoms. The molecule has 1 aliphatic rings. The van der Waals surface area contributed by atoms with Gasteiger partial charge in [-0.2, -0.15) is 0 Å². The Morgan fingerprint density at radius 3 is 2.42 bits per heavy atom. The second-order valence-electron chi connectivity index (χ2n) is 6.50. The molecular weight excluding hydrogens is 392 g/mol. The lowest BCUT2D eigenvalue weighted by Gasteiger charge is -2.33. The summed E-state index contributed by atoms with van der Waals surface area (Å²) in [7, 11) is -1.75. The molecule has 0 aliphatic heterocycles. The summed E-state index contributed by atoms with van der Waals surface area (Å²) in [5, 5.41) is 0. The predicted octanol–water partition coefficient (Wildman–Crippen LogP) is 3.31. The van der Waals surface area contributed by atoms with E-state index in [0.717, 1.165) is 42.0 Å². The van der Waals surface area contributed by atoms with Gasteiger partial charge in [0, 0.05) is 17.6 Å². The van der Waals surface area contributed by atoms with E-state index in [4.69, 9.17) is 0 Å². The lowest BCUT2D eigenvalue weighted by Crippen LogP contribution is -2.45. The number of likely N-dealkylation sites (N-methyl/N-ethyl adjacent to an activating group) is 1. The van der Waals surface area contributed by atoms with Crippen molar-refractivity contribution in [2.45, 2.75) is 45.1 Å². The maximum absolute atomic E-state index is 12.6. The molecule has 0 N–H and O–H groups in total. The number of carbonyl (C=O) groups is 1. The Morgan fingerprint density at radius 2 is 1.88 bits per heavy atom. The molecule has 2 rings (SSSR count). The Bertz CT molecular complexity index is 700. The van der Waals surface area contributed by atoms with Crippen LogP contribution in [0.3, 0.4) is 0 Å². The number of aryl methyl sites for hydroxylation is 1. The van der Waals surface area contributed by atoms with Crippen molar-refractivity contribution < 1.29 is 13.2 Å². The van der Waals surface area contributed by atoms with Gasteiger partial charge in [0.05, 0.1) is 11.9 Å². The number of hydrogen-bond acceptors (Lipinski definition) is 3. The number of carbonyl (C=O) groups excluding carboxylic acids is 1. The molecule has 5 nitrogen and oxygen atoms in total. The van der Waals surface area contributed by atoms with E-state index in [0.29, 0.717) is 5.69 Å². The zero-order valence-corrected chi connectivity index (χ0v) is 16.9. The number of hydrogen-bond donors (Lipinski definition) is 0. The largest absolute Gasteiger partial charge is 0.341 e. The fourth-order valence-corrected chi connectivity index (χ4v) is 4.18. The van der Waals surface area contributed by atoms with Crippen LogP contribution in [0.15, 0.2) is 22.7 Å². The molecule has 0 unspecified atom stereocenters. The maximum atomic E-state index is 12.6. The van der Waals surface area contributed by atoms with Crippen LogP contribution < -0.4 is 4.31 Å². The average molecular weight is 417 g/mol. The molecule has 24 heavy (non-hydrogen) atoms. The monoisotopic (exact) mass is 416 g/mol. The van der Waals surface area contributed by atoms with E-state index in [9.17, 15) is 13.2 Å². The summed E-state index contributed by atoms with van der Waals surface area (Å²) in [4.78, 5) is 14.4. The normalized spacial score (nSPS) is 16.0. The van der Waals surface area contributed by atoms with Gasteiger partial charge >= 0.3 is 0 Å². The zero-order valence-electron chi connectivity index (χ0n) is 14.5. The highest BCUT2D eigenvalue weighted by Crippen LogP contribution is 2.26. The highest BCUT2D eigenvalue weighted by Gasteiger charge is 2.27. The molecule has 1 aliphatic carbocycles. The van der Waals surface area contributed by atoms with Crippen molar-refractivity contribution in [2.24, 2.45) is 0 Å². The third-order valence-corrected chi connectivity index (χ3v) is 6.65. The van der Waals surface area contributed by atoms with Gasteiger partial charge in [0.25, 0.3) is 0 Å². The summed E-state index contributed by atoms with van der Waals surface area (Å²) in [6.45, 7) is 1.73. The third-order valence-electron chi connectivity index (χ3n) is 4.62. The number of benzene rings is 1. The van der Waals surface area contributed by atoms with Gasteiger partial charge in [-0.05, 0) is 43.5 Å². The van der Waals surface area contributed by atoms with Crippen molar-refractivity contribution in [1.29, 1.82) is 0 Å². The van der Waals surface area contributed by atoms with Crippen LogP contribution in [0, 0.1) is 6.92 Å². The number of halogens is 1. The van der Waals surface area contributed by atoms with Gasteiger partial charge in [-0.25, -0.2) is 8.42 Å². The van der Waals surface area contributed by atoms with Gasteiger partial charge < -0.3 is 4.90 Å². The number of nitrogens with zero attached hydrogens (tertiary/aromatic N) is 2. The van der Waals surface area contributed by atoms with Crippen molar-refractivity contribution >= 4 is 37.5 Å². The Labute approximate surface area is 153 Å². The van der Waals surface area contributed by atoms with Crippen LogP contribution in [0.25, 0.3) is 0 Å². The van der Waals surface area contributed by atoms with Gasteiger partial charge in [-0.15, -0.1) is 0 Å². The van der Waals surface area contributed by atoms with Crippen molar-refractivity contribution in [1.82, 2.24) is 4.90 Å². The smallest absolute Gasteiger partial charge is 0.243 e. The second kappa shape index (κ2) is 7.87. The number of rotatable bonds is 5. The highest BCUT2D eigenvalue weighted by molar-refractivity contribution is 9.10. The molecule has 7 heteroatoms. The summed E-state index contributed by atoms with van der Waals surface area (Å²) in [5.41, 5.74) is 1.44. The first-order chi connectivity index (χ1) is 11.2. The molecule has 0 atom stereocenters. The molecule has 1 saturated carbocycles. The van der Waals surface area contributed by atoms with Crippen LogP contribution in [0.2, 0.25) is 0 Å². The SMILES string of the molecule is Cc1cc(N(CC(=O)N(C)C2CCCCC2)S(C)(=O)=O)ccc1Br. The number of sulfonamides is 1. The Morgan fingerprint density at radius 1 is 1.25 bits per heavy atom. The molecule has 1 aromatic carbocycles. The van der Waals surface area contributed by atoms with Crippen LogP contribution in [0.4, 0.5) is 5.69 Å². The fourth-order valence-electron chi connectivity index (χ4n) is 3.09. The van der Waals surface area contributed by atoms with E-state index in [1.165, 1.54) is 10.7 Å². The molecular formula is C17H25BrN2O3S. The van der Waals surface area contributed by atoms with Crippen molar-refractivity contribution in [3.63, 3.8) is 0 Å². The molecule has 0 bridgehead atoms. The summed E-state index contributed by atoms with van der Waals surface area (Å²) in [6, 6.07) is 5.52. The minimum atomic E-state index is -3.54. The zero-order chi connectivity index (χ0) is 17.9. The molecule has 134 valence electrons. The maximum Gasteiger partial charge on any atom is 0.243 e. The van der Waals surface area contributed by atoms with Crippen LogP contribution in [0.5, 0.6) is 0 Å². The van der Waals surface area contributed by atoms with E-state index in [1.54, 1.807) is 30.1 Å². The standard InChI is InChI=1S/C17H25BrN2O3S/c1-13-11-15(9-10-16(13)18)20(24(3,22)23)12-17(21)19(2)14-7-5-4-6-8-14/h9-11,14H,4-8,12H2,1-3H3. The third kappa shape index (κ3) is 4.72. The van der Waals surface area contributed by atoms with E-state index in [1.807, 2.05) is 6.92 Å². The highest BCUT2D eigenvalue weighted by atomic mass is 79.9. The van der Waals surface area contributed by atoms with Gasteiger partial charge in [-0.3, -0.25) is 9.10 Å². The van der Waals surface area contributed by atoms with Crippen LogP contribution >= 0.6 is 15.9 Å². The van der Waals surface area contributed by atoms with Crippen molar-refractivity contribution in [3.05, 3.63) is 28.2 Å². The van der Waals surface area contributed by atoms with E-state index in [2.05, 4.69) is 15.9 Å². The quantitative estimate of drug-likeness (QED) is 0.739. The molecule has 1 amide bonds. The van der Waals surface area contributed by atoms with Gasteiger partial charge in [0.1, 0.15) is 6.54 Å². The van der Waals surface area contributed by atoms with Crippen LogP contribution in [-0.2, 0) is 14.8 Å². The van der Waals surface area contributed by atoms with E-state index in [-0.39, 0.29) is 18.5 Å². The average Bonchev–Trinajstić information content (AvgIpc) is 2.54. The second-order valence-corrected chi connectivity index (χ2v) is 9.26. The number of amides is 1. The summed E-state index contributed by atoms with van der Waals surface area (Å²) in [5.74, 6) is -0.159. The van der Waals surface area contributed by atoms with Crippen LogP contribution in [-0.4, -0.2) is 45.1 Å². The molecule has 0 aromatic heterocycles. The first-order valence-corrected chi connectivity index (χ1v) is 10.8. The van der Waals surface area contributed by atoms with Gasteiger partial charge in [0.2, 0.25) is 15.9 Å². The molecule has 0 saturated heterocycles.